The standard InChI is InChI=1S/C22H36N4O/c1-4-23-22(24-18-10-13-26(14-11-18)12-7-15-27-3)25-21-16-20(21)19-9-6-5-8-17(19)2/h5-6,8-9,18,20-21H,4,7,10-16H2,1-3H3,(H2,23,24,25). The minimum absolute atomic E-state index is 0.512. The Balaban J connectivity index is 1.44. The topological polar surface area (TPSA) is 48.9 Å². The lowest BCUT2D eigenvalue weighted by molar-refractivity contribution is 0.155. The summed E-state index contributed by atoms with van der Waals surface area (Å²) in [6.45, 7) is 9.46. The van der Waals surface area contributed by atoms with Gasteiger partial charge in [-0.3, -0.25) is 4.99 Å². The van der Waals surface area contributed by atoms with E-state index in [9.17, 15) is 0 Å². The highest BCUT2D eigenvalue weighted by Gasteiger charge is 2.40. The molecule has 1 aromatic carbocycles. The van der Waals surface area contributed by atoms with Crippen LogP contribution in [0.5, 0.6) is 0 Å². The smallest absolute Gasteiger partial charge is 0.191 e. The summed E-state index contributed by atoms with van der Waals surface area (Å²) in [5, 5.41) is 7.37. The lowest BCUT2D eigenvalue weighted by Gasteiger charge is -2.33. The van der Waals surface area contributed by atoms with Crippen LogP contribution in [0.3, 0.4) is 0 Å². The Morgan fingerprint density at radius 3 is 2.70 bits per heavy atom. The van der Waals surface area contributed by atoms with Crippen LogP contribution in [0.4, 0.5) is 0 Å². The van der Waals surface area contributed by atoms with Crippen molar-refractivity contribution in [3.8, 4) is 0 Å². The number of likely N-dealkylation sites (tertiary alicyclic amines) is 1. The van der Waals surface area contributed by atoms with Crippen LogP contribution < -0.4 is 10.6 Å². The minimum Gasteiger partial charge on any atom is -0.385 e. The molecule has 2 N–H and O–H groups in total. The van der Waals surface area contributed by atoms with E-state index < -0.39 is 0 Å². The molecule has 5 heteroatoms. The van der Waals surface area contributed by atoms with Crippen molar-refractivity contribution in [2.24, 2.45) is 4.99 Å². The molecule has 0 aromatic heterocycles. The van der Waals surface area contributed by atoms with E-state index in [2.05, 4.69) is 53.6 Å². The van der Waals surface area contributed by atoms with Crippen LogP contribution in [0.2, 0.25) is 0 Å². The summed E-state index contributed by atoms with van der Waals surface area (Å²) in [4.78, 5) is 7.24. The van der Waals surface area contributed by atoms with Gasteiger partial charge in [-0.1, -0.05) is 24.3 Å². The van der Waals surface area contributed by atoms with Gasteiger partial charge in [0.15, 0.2) is 5.96 Å². The first-order valence-electron chi connectivity index (χ1n) is 10.6. The first-order valence-corrected chi connectivity index (χ1v) is 10.6. The molecule has 1 aliphatic heterocycles. The highest BCUT2D eigenvalue weighted by atomic mass is 16.5. The van der Waals surface area contributed by atoms with Crippen LogP contribution in [0.25, 0.3) is 0 Å². The number of piperidine rings is 1. The molecule has 2 fully saturated rings. The summed E-state index contributed by atoms with van der Waals surface area (Å²) in [5.41, 5.74) is 2.88. The summed E-state index contributed by atoms with van der Waals surface area (Å²) >= 11 is 0. The van der Waals surface area contributed by atoms with E-state index in [-0.39, 0.29) is 0 Å². The fraction of sp³-hybridized carbons (Fsp3) is 0.682. The highest BCUT2D eigenvalue weighted by Crippen LogP contribution is 2.42. The number of aliphatic imine (C=N–C) groups is 1. The number of methoxy groups -OCH3 is 1. The Labute approximate surface area is 164 Å². The number of benzene rings is 1. The van der Waals surface area contributed by atoms with E-state index >= 15 is 0 Å². The van der Waals surface area contributed by atoms with Gasteiger partial charge in [-0.25, -0.2) is 0 Å². The molecular weight excluding hydrogens is 336 g/mol. The second kappa shape index (κ2) is 10.1. The quantitative estimate of drug-likeness (QED) is 0.418. The molecule has 150 valence electrons. The fourth-order valence-corrected chi connectivity index (χ4v) is 4.09. The van der Waals surface area contributed by atoms with Gasteiger partial charge in [0.1, 0.15) is 0 Å². The zero-order valence-electron chi connectivity index (χ0n) is 17.2. The number of hydrogen-bond donors (Lipinski definition) is 2. The summed E-state index contributed by atoms with van der Waals surface area (Å²) in [6, 6.07) is 9.79. The molecule has 0 bridgehead atoms. The zero-order valence-corrected chi connectivity index (χ0v) is 17.2. The monoisotopic (exact) mass is 372 g/mol. The number of nitrogens with zero attached hydrogens (tertiary/aromatic N) is 2. The number of rotatable bonds is 8. The van der Waals surface area contributed by atoms with Gasteiger partial charge in [0, 0.05) is 57.9 Å². The molecule has 1 saturated carbocycles. The third kappa shape index (κ3) is 5.94. The zero-order chi connectivity index (χ0) is 19.1. The maximum absolute atomic E-state index is 5.16. The van der Waals surface area contributed by atoms with Crippen molar-refractivity contribution in [2.75, 3.05) is 39.9 Å². The van der Waals surface area contributed by atoms with Gasteiger partial charge in [-0.2, -0.15) is 0 Å². The first kappa shape index (κ1) is 20.2. The summed E-state index contributed by atoms with van der Waals surface area (Å²) in [5.74, 6) is 1.62. The SMILES string of the molecule is CCN=C(NC1CCN(CCCOC)CC1)NC1CC1c1ccccc1C. The third-order valence-corrected chi connectivity index (χ3v) is 5.77. The molecule has 27 heavy (non-hydrogen) atoms. The van der Waals surface area contributed by atoms with Crippen molar-refractivity contribution < 1.29 is 4.74 Å². The van der Waals surface area contributed by atoms with Gasteiger partial charge < -0.3 is 20.3 Å². The van der Waals surface area contributed by atoms with Crippen molar-refractivity contribution in [1.29, 1.82) is 0 Å². The van der Waals surface area contributed by atoms with Crippen LogP contribution in [0, 0.1) is 6.92 Å². The Kier molecular flexibility index (Phi) is 7.53. The molecule has 1 saturated heterocycles. The predicted octanol–water partition coefficient (Wildman–Crippen LogP) is 2.91. The maximum atomic E-state index is 5.16. The number of hydrogen-bond acceptors (Lipinski definition) is 3. The fourth-order valence-electron chi connectivity index (χ4n) is 4.09. The van der Waals surface area contributed by atoms with Crippen molar-refractivity contribution >= 4 is 5.96 Å². The van der Waals surface area contributed by atoms with Crippen LogP contribution >= 0.6 is 0 Å². The first-order chi connectivity index (χ1) is 13.2. The Morgan fingerprint density at radius 2 is 2.00 bits per heavy atom. The van der Waals surface area contributed by atoms with Gasteiger partial charge in [-0.15, -0.1) is 0 Å². The van der Waals surface area contributed by atoms with Gasteiger partial charge in [0.25, 0.3) is 0 Å². The van der Waals surface area contributed by atoms with E-state index in [0.29, 0.717) is 18.0 Å². The Bertz CT molecular complexity index is 610. The lowest BCUT2D eigenvalue weighted by Crippen LogP contribution is -2.49. The van der Waals surface area contributed by atoms with Gasteiger partial charge in [-0.05, 0) is 50.7 Å². The van der Waals surface area contributed by atoms with Crippen LogP contribution in [0.1, 0.15) is 49.7 Å². The van der Waals surface area contributed by atoms with Crippen molar-refractivity contribution in [2.45, 2.75) is 57.5 Å². The predicted molar refractivity (Wildman–Crippen MR) is 113 cm³/mol. The number of nitrogens with one attached hydrogen (secondary N) is 2. The Hall–Kier alpha value is -1.59. The summed E-state index contributed by atoms with van der Waals surface area (Å²) < 4.78 is 5.16. The van der Waals surface area contributed by atoms with Gasteiger partial charge >= 0.3 is 0 Å². The molecule has 5 nitrogen and oxygen atoms in total. The minimum atomic E-state index is 0.512. The van der Waals surface area contributed by atoms with Crippen molar-refractivity contribution in [1.82, 2.24) is 15.5 Å². The average Bonchev–Trinajstić information content (AvgIpc) is 3.43. The molecule has 1 aliphatic carbocycles. The number of aryl methyl sites for hydroxylation is 1. The van der Waals surface area contributed by atoms with Gasteiger partial charge in [0.2, 0.25) is 0 Å². The summed E-state index contributed by atoms with van der Waals surface area (Å²) in [7, 11) is 1.78. The molecule has 1 aromatic rings. The van der Waals surface area contributed by atoms with E-state index in [1.54, 1.807) is 7.11 Å². The Morgan fingerprint density at radius 1 is 1.22 bits per heavy atom. The molecule has 3 rings (SSSR count). The van der Waals surface area contributed by atoms with Crippen LogP contribution in [-0.4, -0.2) is 62.8 Å². The molecule has 0 spiro atoms. The third-order valence-electron chi connectivity index (χ3n) is 5.77. The highest BCUT2D eigenvalue weighted by molar-refractivity contribution is 5.81. The van der Waals surface area contributed by atoms with E-state index in [1.165, 1.54) is 30.4 Å². The number of ether oxygens (including phenoxy) is 1. The largest absolute Gasteiger partial charge is 0.385 e. The second-order valence-corrected chi connectivity index (χ2v) is 7.88. The molecule has 0 amide bonds. The molecule has 2 aliphatic rings. The number of guanidine groups is 1. The molecule has 2 unspecified atom stereocenters. The lowest BCUT2D eigenvalue weighted by atomic mass is 10.0. The summed E-state index contributed by atoms with van der Waals surface area (Å²) in [6.07, 6.45) is 4.69. The van der Waals surface area contributed by atoms with Crippen molar-refractivity contribution in [3.63, 3.8) is 0 Å². The maximum Gasteiger partial charge on any atom is 0.191 e. The van der Waals surface area contributed by atoms with E-state index in [0.717, 1.165) is 45.2 Å². The van der Waals surface area contributed by atoms with Crippen LogP contribution in [0.15, 0.2) is 29.3 Å². The molecule has 2 atom stereocenters. The van der Waals surface area contributed by atoms with Crippen LogP contribution in [-0.2, 0) is 4.74 Å². The molecule has 0 radical (unpaired) electrons. The molecular formula is C22H36N4O. The van der Waals surface area contributed by atoms with E-state index in [1.807, 2.05) is 0 Å². The van der Waals surface area contributed by atoms with Crippen molar-refractivity contribution in [3.05, 3.63) is 35.4 Å². The van der Waals surface area contributed by atoms with E-state index in [4.69, 9.17) is 9.73 Å². The average molecular weight is 373 g/mol. The van der Waals surface area contributed by atoms with Gasteiger partial charge in [0.05, 0.1) is 0 Å². The normalized spacial score (nSPS) is 24.0. The second-order valence-electron chi connectivity index (χ2n) is 7.88. The molecule has 1 heterocycles.